The van der Waals surface area contributed by atoms with E-state index in [4.69, 9.17) is 9.47 Å². The fourth-order valence-corrected chi connectivity index (χ4v) is 6.02. The Kier molecular flexibility index (Phi) is 10.2. The van der Waals surface area contributed by atoms with Gasteiger partial charge in [-0.1, -0.05) is 117 Å². The van der Waals surface area contributed by atoms with E-state index in [1.54, 1.807) is 0 Å². The predicted octanol–water partition coefficient (Wildman–Crippen LogP) is 8.34. The van der Waals surface area contributed by atoms with Crippen molar-refractivity contribution >= 4 is 37.6 Å². The molecule has 0 fully saturated rings. The monoisotopic (exact) mass is 634 g/mol. The zero-order valence-corrected chi connectivity index (χ0v) is 24.9. The molecular weight excluding hydrogens is 604 g/mol. The average Bonchev–Trinajstić information content (AvgIpc) is 2.93. The Morgan fingerprint density at radius 2 is 1.00 bits per heavy atom. The molecule has 0 aromatic heterocycles. The third-order valence-corrected chi connectivity index (χ3v) is 7.95. The third kappa shape index (κ3) is 8.05. The van der Waals surface area contributed by atoms with Crippen LogP contribution in [0.2, 0.25) is 0 Å². The van der Waals surface area contributed by atoms with Crippen molar-refractivity contribution in [3.8, 4) is 11.5 Å². The Morgan fingerprint density at radius 3 is 1.37 bits per heavy atom. The van der Waals surface area contributed by atoms with Crippen LogP contribution in [0.15, 0.2) is 97.1 Å². The molecule has 0 aliphatic rings. The second-order valence-electron chi connectivity index (χ2n) is 9.49. The van der Waals surface area contributed by atoms with Gasteiger partial charge < -0.3 is 9.47 Å². The molecule has 0 saturated heterocycles. The first-order chi connectivity index (χ1) is 18.4. The van der Waals surface area contributed by atoms with Crippen molar-refractivity contribution in [2.24, 2.45) is 0 Å². The summed E-state index contributed by atoms with van der Waals surface area (Å²) >= 11 is 7.27. The van der Waals surface area contributed by atoms with Gasteiger partial charge in [-0.15, -0.1) is 0 Å². The molecule has 196 valence electrons. The number of ketones is 1. The number of hydrogen-bond donors (Lipinski definition) is 0. The number of benzene rings is 4. The molecule has 2 atom stereocenters. The van der Waals surface area contributed by atoms with E-state index in [1.165, 1.54) is 0 Å². The van der Waals surface area contributed by atoms with Crippen molar-refractivity contribution in [3.05, 3.63) is 130 Å². The molecule has 0 heterocycles. The largest absolute Gasteiger partial charge is 0.489 e. The molecule has 0 aliphatic carbocycles. The van der Waals surface area contributed by atoms with E-state index in [1.807, 2.05) is 74.5 Å². The minimum atomic E-state index is -0.281. The van der Waals surface area contributed by atoms with Gasteiger partial charge in [-0.3, -0.25) is 4.79 Å². The summed E-state index contributed by atoms with van der Waals surface area (Å²) in [5, 5.41) is 0. The smallest absolute Gasteiger partial charge is 0.160 e. The van der Waals surface area contributed by atoms with Gasteiger partial charge in [0.25, 0.3) is 0 Å². The van der Waals surface area contributed by atoms with Gasteiger partial charge in [-0.25, -0.2) is 0 Å². The number of rotatable bonds is 12. The summed E-state index contributed by atoms with van der Waals surface area (Å²) in [5.74, 6) is 1.86. The predicted molar refractivity (Wildman–Crippen MR) is 162 cm³/mol. The fraction of sp³-hybridized carbons (Fsp3) is 0.242. The minimum absolute atomic E-state index is 0.133. The zero-order valence-electron chi connectivity index (χ0n) is 21.7. The summed E-state index contributed by atoms with van der Waals surface area (Å²) in [7, 11) is 0. The van der Waals surface area contributed by atoms with Crippen molar-refractivity contribution in [3.63, 3.8) is 0 Å². The molecule has 0 saturated carbocycles. The third-order valence-electron chi connectivity index (χ3n) is 6.40. The van der Waals surface area contributed by atoms with Gasteiger partial charge in [0, 0.05) is 0 Å². The van der Waals surface area contributed by atoms with Crippen LogP contribution < -0.4 is 9.47 Å². The van der Waals surface area contributed by atoms with Crippen LogP contribution >= 0.6 is 31.9 Å². The number of carbonyl (C=O) groups is 1. The van der Waals surface area contributed by atoms with Gasteiger partial charge >= 0.3 is 0 Å². The van der Waals surface area contributed by atoms with E-state index in [2.05, 4.69) is 68.3 Å². The Bertz CT molecular complexity index is 1240. The molecule has 4 aromatic carbocycles. The van der Waals surface area contributed by atoms with Crippen LogP contribution in [0.25, 0.3) is 0 Å². The first kappa shape index (κ1) is 28.1. The lowest BCUT2D eigenvalue weighted by Gasteiger charge is -2.16. The van der Waals surface area contributed by atoms with Crippen LogP contribution in [0.3, 0.4) is 0 Å². The van der Waals surface area contributed by atoms with Crippen molar-refractivity contribution in [2.75, 3.05) is 0 Å². The van der Waals surface area contributed by atoms with Crippen LogP contribution in [0.4, 0.5) is 0 Å². The molecule has 4 rings (SSSR count). The number of halogens is 2. The van der Waals surface area contributed by atoms with Crippen LogP contribution in [0, 0.1) is 13.8 Å². The Morgan fingerprint density at radius 1 is 0.605 bits per heavy atom. The van der Waals surface area contributed by atoms with E-state index < -0.39 is 0 Å². The van der Waals surface area contributed by atoms with Gasteiger partial charge in [0.2, 0.25) is 0 Å². The lowest BCUT2D eigenvalue weighted by atomic mass is 10.00. The molecule has 0 bridgehead atoms. The number of aryl methyl sites for hydroxylation is 2. The molecule has 0 N–H and O–H groups in total. The summed E-state index contributed by atoms with van der Waals surface area (Å²) in [6.07, 6.45) is 1.23. The highest BCUT2D eigenvalue weighted by Gasteiger charge is 2.24. The van der Waals surface area contributed by atoms with Gasteiger partial charge in [0.05, 0.1) is 9.65 Å². The first-order valence-corrected chi connectivity index (χ1v) is 14.6. The highest BCUT2D eigenvalue weighted by molar-refractivity contribution is 9.10. The maximum atomic E-state index is 13.1. The normalized spacial score (nSPS) is 12.5. The summed E-state index contributed by atoms with van der Waals surface area (Å²) in [5.41, 5.74) is 6.59. The Balaban J connectivity index is 1.29. The summed E-state index contributed by atoms with van der Waals surface area (Å²) in [6, 6.07) is 32.5. The molecule has 0 aliphatic heterocycles. The summed E-state index contributed by atoms with van der Waals surface area (Å²) in [6.45, 7) is 5.15. The highest BCUT2D eigenvalue weighted by atomic mass is 79.9. The average molecular weight is 636 g/mol. The van der Waals surface area contributed by atoms with Crippen molar-refractivity contribution in [2.45, 2.75) is 49.6 Å². The SMILES string of the molecule is Cc1cc(CC(Br)C(=O)C(Br)Cc2ccc(OCc3ccccc3)c(C)c2)ccc1OCc1ccccc1. The maximum Gasteiger partial charge on any atom is 0.160 e. The second kappa shape index (κ2) is 13.8. The molecule has 0 radical (unpaired) electrons. The standard InChI is InChI=1S/C33H32Br2O3/c1-23-17-27(13-15-31(23)37-21-25-9-5-3-6-10-25)19-29(34)33(36)30(35)20-28-14-16-32(24(2)18-28)38-22-26-11-7-4-8-12-26/h3-18,29-30H,19-22H2,1-2H3. The first-order valence-electron chi connectivity index (χ1n) is 12.7. The van der Waals surface area contributed by atoms with Crippen LogP contribution in [0.5, 0.6) is 11.5 Å². The van der Waals surface area contributed by atoms with Crippen LogP contribution in [0.1, 0.15) is 33.4 Å². The number of hydrogen-bond acceptors (Lipinski definition) is 3. The Labute approximate surface area is 242 Å². The Hall–Kier alpha value is -2.89. The number of ether oxygens (including phenoxy) is 2. The lowest BCUT2D eigenvalue weighted by Crippen LogP contribution is -2.27. The molecule has 3 nitrogen and oxygen atoms in total. The van der Waals surface area contributed by atoms with E-state index in [0.717, 1.165) is 44.9 Å². The van der Waals surface area contributed by atoms with E-state index in [-0.39, 0.29) is 15.4 Å². The van der Waals surface area contributed by atoms with E-state index in [0.29, 0.717) is 26.1 Å². The van der Waals surface area contributed by atoms with Gasteiger partial charge in [0.1, 0.15) is 24.7 Å². The van der Waals surface area contributed by atoms with Crippen molar-refractivity contribution < 1.29 is 14.3 Å². The number of Topliss-reactive ketones (excluding diaryl/α,β-unsaturated/α-hetero) is 1. The fourth-order valence-electron chi connectivity index (χ4n) is 4.28. The molecule has 2 unspecified atom stereocenters. The van der Waals surface area contributed by atoms with Gasteiger partial charge in [-0.2, -0.15) is 0 Å². The number of alkyl halides is 2. The quantitative estimate of drug-likeness (QED) is 0.147. The molecule has 0 spiro atoms. The van der Waals surface area contributed by atoms with Crippen molar-refractivity contribution in [1.82, 2.24) is 0 Å². The lowest BCUT2D eigenvalue weighted by molar-refractivity contribution is -0.117. The summed E-state index contributed by atoms with van der Waals surface area (Å²) in [4.78, 5) is 12.6. The van der Waals surface area contributed by atoms with Crippen LogP contribution in [-0.2, 0) is 30.8 Å². The minimum Gasteiger partial charge on any atom is -0.489 e. The second-order valence-corrected chi connectivity index (χ2v) is 11.7. The van der Waals surface area contributed by atoms with Crippen LogP contribution in [-0.4, -0.2) is 15.4 Å². The van der Waals surface area contributed by atoms with Crippen molar-refractivity contribution in [1.29, 1.82) is 0 Å². The van der Waals surface area contributed by atoms with E-state index in [9.17, 15) is 4.79 Å². The topological polar surface area (TPSA) is 35.5 Å². The molecule has 5 heteroatoms. The highest BCUT2D eigenvalue weighted by Crippen LogP contribution is 2.26. The molecule has 0 amide bonds. The van der Waals surface area contributed by atoms with E-state index >= 15 is 0 Å². The molecular formula is C33H32Br2O3. The van der Waals surface area contributed by atoms with Gasteiger partial charge in [0.15, 0.2) is 5.78 Å². The molecule has 38 heavy (non-hydrogen) atoms. The maximum absolute atomic E-state index is 13.1. The number of carbonyl (C=O) groups excluding carboxylic acids is 1. The molecule has 4 aromatic rings. The van der Waals surface area contributed by atoms with Gasteiger partial charge in [-0.05, 0) is 72.2 Å². The zero-order chi connectivity index (χ0) is 26.9. The summed E-state index contributed by atoms with van der Waals surface area (Å²) < 4.78 is 12.0.